The lowest BCUT2D eigenvalue weighted by atomic mass is 10.0. The van der Waals surface area contributed by atoms with Crippen LogP contribution in [0.2, 0.25) is 18.1 Å². The van der Waals surface area contributed by atoms with E-state index in [-0.39, 0.29) is 0 Å². The Bertz CT molecular complexity index is 248. The van der Waals surface area contributed by atoms with Gasteiger partial charge in [-0.25, -0.2) is 0 Å². The minimum atomic E-state index is -1.33. The molecule has 0 N–H and O–H groups in total. The first-order valence-corrected chi connectivity index (χ1v) is 13.0. The van der Waals surface area contributed by atoms with Gasteiger partial charge in [-0.1, -0.05) is 91.4 Å². The highest BCUT2D eigenvalue weighted by Crippen LogP contribution is 2.34. The third-order valence-electron chi connectivity index (χ3n) is 5.66. The summed E-state index contributed by atoms with van der Waals surface area (Å²) in [7, 11) is -1.33. The zero-order valence-corrected chi connectivity index (χ0v) is 16.8. The number of hydrogen-bond donors (Lipinski definition) is 0. The van der Waals surface area contributed by atoms with Gasteiger partial charge in [-0.15, -0.1) is 0 Å². The van der Waals surface area contributed by atoms with Gasteiger partial charge in [0.05, 0.1) is 0 Å². The van der Waals surface area contributed by atoms with Gasteiger partial charge in [0.25, 0.3) is 0 Å². The fourth-order valence-corrected chi connectivity index (χ4v) is 8.10. The van der Waals surface area contributed by atoms with Gasteiger partial charge in [-0.2, -0.15) is 0 Å². The Morgan fingerprint density at radius 1 is 0.773 bits per heavy atom. The Labute approximate surface area is 141 Å². The van der Waals surface area contributed by atoms with Crippen LogP contribution in [-0.2, 0) is 4.43 Å². The van der Waals surface area contributed by atoms with Gasteiger partial charge in [0, 0.05) is 6.10 Å². The van der Waals surface area contributed by atoms with Gasteiger partial charge in [0.1, 0.15) is 0 Å². The van der Waals surface area contributed by atoms with E-state index < -0.39 is 8.32 Å². The van der Waals surface area contributed by atoms with Gasteiger partial charge in [0.15, 0.2) is 8.32 Å². The lowest BCUT2D eigenvalue weighted by Crippen LogP contribution is -2.42. The minimum absolute atomic E-state index is 0.574. The molecule has 0 aromatic rings. The summed E-state index contributed by atoms with van der Waals surface area (Å²) < 4.78 is 6.78. The standard InChI is InChI=1S/C20H42OSi/c1-4-7-8-9-10-11-12-14-17-20(5-2)21-22(6-3)18-15-13-16-19-22/h20H,4-19H2,1-3H3. The average Bonchev–Trinajstić information content (AvgIpc) is 2.57. The van der Waals surface area contributed by atoms with E-state index in [1.165, 1.54) is 102 Å². The summed E-state index contributed by atoms with van der Waals surface area (Å²) in [5.41, 5.74) is 0. The van der Waals surface area contributed by atoms with Crippen LogP contribution < -0.4 is 0 Å². The Hall–Kier alpha value is 0.177. The van der Waals surface area contributed by atoms with Crippen LogP contribution in [0, 0.1) is 0 Å². The van der Waals surface area contributed by atoms with Crippen molar-refractivity contribution >= 4 is 8.32 Å². The van der Waals surface area contributed by atoms with Gasteiger partial charge < -0.3 is 4.43 Å². The second kappa shape index (κ2) is 12.6. The first-order chi connectivity index (χ1) is 10.8. The van der Waals surface area contributed by atoms with E-state index in [1.807, 2.05) is 0 Å². The minimum Gasteiger partial charge on any atom is -0.414 e. The highest BCUT2D eigenvalue weighted by Gasteiger charge is 2.36. The number of unbranched alkanes of at least 4 members (excludes halogenated alkanes) is 7. The smallest absolute Gasteiger partial charge is 0.192 e. The van der Waals surface area contributed by atoms with Crippen molar-refractivity contribution in [2.24, 2.45) is 0 Å². The second-order valence-corrected chi connectivity index (χ2v) is 11.8. The molecule has 2 heteroatoms. The van der Waals surface area contributed by atoms with Gasteiger partial charge >= 0.3 is 0 Å². The largest absolute Gasteiger partial charge is 0.414 e. The molecule has 1 heterocycles. The molecular weight excluding hydrogens is 284 g/mol. The summed E-state index contributed by atoms with van der Waals surface area (Å²) in [6.45, 7) is 7.01. The molecule has 0 spiro atoms. The van der Waals surface area contributed by atoms with Crippen LogP contribution >= 0.6 is 0 Å². The molecule has 22 heavy (non-hydrogen) atoms. The molecule has 0 aromatic heterocycles. The Balaban J connectivity index is 2.13. The maximum atomic E-state index is 6.78. The van der Waals surface area contributed by atoms with Crippen LogP contribution in [0.1, 0.15) is 104 Å². The van der Waals surface area contributed by atoms with Crippen molar-refractivity contribution in [1.29, 1.82) is 0 Å². The van der Waals surface area contributed by atoms with Crippen molar-refractivity contribution in [3.05, 3.63) is 0 Å². The van der Waals surface area contributed by atoms with Crippen molar-refractivity contribution in [3.63, 3.8) is 0 Å². The molecule has 1 aliphatic heterocycles. The van der Waals surface area contributed by atoms with Crippen molar-refractivity contribution in [3.8, 4) is 0 Å². The average molecular weight is 327 g/mol. The van der Waals surface area contributed by atoms with Crippen molar-refractivity contribution in [2.75, 3.05) is 0 Å². The molecule has 0 bridgehead atoms. The predicted molar refractivity (Wildman–Crippen MR) is 102 cm³/mol. The molecule has 132 valence electrons. The lowest BCUT2D eigenvalue weighted by Gasteiger charge is -2.37. The second-order valence-electron chi connectivity index (χ2n) is 7.51. The molecular formula is C20H42OSi. The van der Waals surface area contributed by atoms with Crippen molar-refractivity contribution < 1.29 is 4.43 Å². The van der Waals surface area contributed by atoms with Crippen molar-refractivity contribution in [2.45, 2.75) is 128 Å². The summed E-state index contributed by atoms with van der Waals surface area (Å²) in [6, 6.07) is 4.23. The third-order valence-corrected chi connectivity index (χ3v) is 10.3. The third kappa shape index (κ3) is 8.15. The van der Waals surface area contributed by atoms with Gasteiger partial charge in [-0.3, -0.25) is 0 Å². The first kappa shape index (κ1) is 20.2. The highest BCUT2D eigenvalue weighted by molar-refractivity contribution is 6.73. The summed E-state index contributed by atoms with van der Waals surface area (Å²) in [5.74, 6) is 0. The first-order valence-electron chi connectivity index (χ1n) is 10.4. The molecule has 1 saturated heterocycles. The van der Waals surface area contributed by atoms with E-state index in [1.54, 1.807) is 0 Å². The number of rotatable bonds is 13. The lowest BCUT2D eigenvalue weighted by molar-refractivity contribution is 0.164. The van der Waals surface area contributed by atoms with E-state index >= 15 is 0 Å². The SMILES string of the molecule is CCCCCCCCCCC(CC)O[Si]1(CC)CCCCC1. The topological polar surface area (TPSA) is 9.23 Å². The van der Waals surface area contributed by atoms with Crippen LogP contribution in [0.5, 0.6) is 0 Å². The van der Waals surface area contributed by atoms with Gasteiger partial charge in [0.2, 0.25) is 0 Å². The van der Waals surface area contributed by atoms with Crippen LogP contribution in [0.4, 0.5) is 0 Å². The van der Waals surface area contributed by atoms with Crippen molar-refractivity contribution in [1.82, 2.24) is 0 Å². The maximum Gasteiger partial charge on any atom is 0.192 e. The molecule has 1 atom stereocenters. The molecule has 0 aliphatic carbocycles. The molecule has 1 rings (SSSR count). The molecule has 0 aromatic carbocycles. The van der Waals surface area contributed by atoms with Crippen LogP contribution in [0.3, 0.4) is 0 Å². The summed E-state index contributed by atoms with van der Waals surface area (Å²) in [5, 5.41) is 0. The molecule has 1 nitrogen and oxygen atoms in total. The quantitative estimate of drug-likeness (QED) is 0.252. The molecule has 0 saturated carbocycles. The summed E-state index contributed by atoms with van der Waals surface area (Å²) in [6.07, 6.45) is 18.8. The zero-order valence-electron chi connectivity index (χ0n) is 15.8. The Kier molecular flexibility index (Phi) is 11.6. The van der Waals surface area contributed by atoms with E-state index in [0.29, 0.717) is 6.10 Å². The Morgan fingerprint density at radius 2 is 1.36 bits per heavy atom. The zero-order chi connectivity index (χ0) is 16.1. The molecule has 1 unspecified atom stereocenters. The van der Waals surface area contributed by atoms with E-state index in [9.17, 15) is 0 Å². The molecule has 1 aliphatic rings. The fraction of sp³-hybridized carbons (Fsp3) is 1.00. The number of hydrogen-bond acceptors (Lipinski definition) is 1. The highest BCUT2D eigenvalue weighted by atomic mass is 28.4. The molecule has 1 fully saturated rings. The predicted octanol–water partition coefficient (Wildman–Crippen LogP) is 7.46. The maximum absolute atomic E-state index is 6.78. The fourth-order valence-electron chi connectivity index (χ4n) is 3.96. The summed E-state index contributed by atoms with van der Waals surface area (Å²) in [4.78, 5) is 0. The van der Waals surface area contributed by atoms with E-state index in [2.05, 4.69) is 20.8 Å². The Morgan fingerprint density at radius 3 is 1.91 bits per heavy atom. The van der Waals surface area contributed by atoms with Crippen LogP contribution in [0.15, 0.2) is 0 Å². The molecule has 0 amide bonds. The summed E-state index contributed by atoms with van der Waals surface area (Å²) >= 11 is 0. The normalized spacial score (nSPS) is 19.2. The van der Waals surface area contributed by atoms with E-state index in [0.717, 1.165) is 0 Å². The van der Waals surface area contributed by atoms with Gasteiger partial charge in [-0.05, 0) is 31.0 Å². The van der Waals surface area contributed by atoms with Crippen LogP contribution in [0.25, 0.3) is 0 Å². The van der Waals surface area contributed by atoms with E-state index in [4.69, 9.17) is 4.43 Å². The molecule has 0 radical (unpaired) electrons. The monoisotopic (exact) mass is 326 g/mol. The van der Waals surface area contributed by atoms with Crippen LogP contribution in [-0.4, -0.2) is 14.4 Å².